The van der Waals surface area contributed by atoms with Crippen LogP contribution in [0.2, 0.25) is 0 Å². The van der Waals surface area contributed by atoms with E-state index in [1.165, 1.54) is 16.9 Å². The largest absolute Gasteiger partial charge is 0.321 e. The second-order valence-corrected chi connectivity index (χ2v) is 9.39. The van der Waals surface area contributed by atoms with E-state index in [-0.39, 0.29) is 17.7 Å². The number of thiophene rings is 1. The van der Waals surface area contributed by atoms with Crippen LogP contribution in [0.25, 0.3) is 0 Å². The lowest BCUT2D eigenvalue weighted by molar-refractivity contribution is -0.138. The predicted molar refractivity (Wildman–Crippen MR) is 114 cm³/mol. The highest BCUT2D eigenvalue weighted by Crippen LogP contribution is 2.36. The highest BCUT2D eigenvalue weighted by Gasteiger charge is 2.42. The average Bonchev–Trinajstić information content (AvgIpc) is 3.13. The number of carbonyl (C=O) groups excluding carboxylic acids is 3. The molecular weight excluding hydrogens is 384 g/mol. The summed E-state index contributed by atoms with van der Waals surface area (Å²) in [5.74, 6) is 0.150. The normalized spacial score (nSPS) is 24.0. The number of hydrogen-bond donors (Lipinski definition) is 2. The zero-order chi connectivity index (χ0) is 20.6. The van der Waals surface area contributed by atoms with E-state index in [2.05, 4.69) is 17.6 Å². The van der Waals surface area contributed by atoms with Gasteiger partial charge >= 0.3 is 0 Å². The van der Waals surface area contributed by atoms with E-state index >= 15 is 0 Å². The van der Waals surface area contributed by atoms with Crippen molar-refractivity contribution in [2.75, 3.05) is 5.32 Å². The molecule has 0 saturated carbocycles. The monoisotopic (exact) mass is 410 g/mol. The van der Waals surface area contributed by atoms with Gasteiger partial charge in [-0.3, -0.25) is 19.7 Å². The Labute approximate surface area is 174 Å². The van der Waals surface area contributed by atoms with E-state index in [1.807, 2.05) is 37.3 Å². The molecule has 29 heavy (non-hydrogen) atoms. The average molecular weight is 411 g/mol. The molecule has 1 aliphatic carbocycles. The van der Waals surface area contributed by atoms with Gasteiger partial charge in [-0.1, -0.05) is 26.0 Å². The Morgan fingerprint density at radius 3 is 2.69 bits per heavy atom. The smallest absolute Gasteiger partial charge is 0.265 e. The first-order chi connectivity index (χ1) is 13.9. The summed E-state index contributed by atoms with van der Waals surface area (Å²) in [7, 11) is 0. The van der Waals surface area contributed by atoms with Crippen LogP contribution in [-0.4, -0.2) is 17.7 Å². The number of benzene rings is 1. The predicted octanol–water partition coefficient (Wildman–Crippen LogP) is 4.21. The third-order valence-electron chi connectivity index (χ3n) is 6.32. The summed E-state index contributed by atoms with van der Waals surface area (Å²) in [6, 6.07) is 9.48. The third-order valence-corrected chi connectivity index (χ3v) is 7.55. The molecule has 6 heteroatoms. The summed E-state index contributed by atoms with van der Waals surface area (Å²) >= 11 is 1.60. The van der Waals surface area contributed by atoms with E-state index in [1.54, 1.807) is 11.3 Å². The van der Waals surface area contributed by atoms with Gasteiger partial charge in [0.05, 0.1) is 10.3 Å². The fourth-order valence-electron chi connectivity index (χ4n) is 4.45. The Bertz CT molecular complexity index is 963. The summed E-state index contributed by atoms with van der Waals surface area (Å²) < 4.78 is 0. The molecule has 0 spiro atoms. The molecule has 1 aliphatic heterocycles. The van der Waals surface area contributed by atoms with E-state index in [4.69, 9.17) is 0 Å². The number of rotatable bonds is 4. The molecule has 2 aliphatic rings. The highest BCUT2D eigenvalue weighted by atomic mass is 32.1. The zero-order valence-corrected chi connectivity index (χ0v) is 17.7. The van der Waals surface area contributed by atoms with Gasteiger partial charge in [0.15, 0.2) is 0 Å². The Hall–Kier alpha value is -2.47. The topological polar surface area (TPSA) is 75.3 Å². The maximum absolute atomic E-state index is 12.7. The minimum Gasteiger partial charge on any atom is -0.321 e. The number of hydrogen-bond acceptors (Lipinski definition) is 4. The van der Waals surface area contributed by atoms with Gasteiger partial charge in [-0.2, -0.15) is 0 Å². The molecule has 1 fully saturated rings. The standard InChI is InChI=1S/C23H26N2O3S/c1-3-23(11-10-20(26)25-22(23)28)16-5-7-17(8-6-16)24-21(27)19-13-15-12-14(2)4-9-18(15)29-19/h5-8,13-14H,3-4,9-12H2,1-2H3,(H,24,27)(H,25,26,28). The molecule has 0 radical (unpaired) electrons. The van der Waals surface area contributed by atoms with Crippen molar-refractivity contribution < 1.29 is 14.4 Å². The Morgan fingerprint density at radius 2 is 2.00 bits per heavy atom. The van der Waals surface area contributed by atoms with Gasteiger partial charge < -0.3 is 5.32 Å². The molecule has 2 atom stereocenters. The van der Waals surface area contributed by atoms with Gasteiger partial charge in [0.2, 0.25) is 11.8 Å². The fraction of sp³-hybridized carbons (Fsp3) is 0.435. The number of carbonyl (C=O) groups is 3. The van der Waals surface area contributed by atoms with Crippen molar-refractivity contribution in [2.45, 2.75) is 57.8 Å². The van der Waals surface area contributed by atoms with Gasteiger partial charge in [-0.15, -0.1) is 11.3 Å². The molecule has 2 aromatic rings. The van der Waals surface area contributed by atoms with Crippen LogP contribution in [0.3, 0.4) is 0 Å². The zero-order valence-electron chi connectivity index (χ0n) is 16.8. The van der Waals surface area contributed by atoms with Crippen LogP contribution in [0.1, 0.15) is 65.2 Å². The molecule has 1 aromatic heterocycles. The van der Waals surface area contributed by atoms with Crippen LogP contribution in [-0.2, 0) is 27.8 Å². The summed E-state index contributed by atoms with van der Waals surface area (Å²) in [4.78, 5) is 38.9. The van der Waals surface area contributed by atoms with E-state index < -0.39 is 5.41 Å². The minimum atomic E-state index is -0.681. The lowest BCUT2D eigenvalue weighted by Gasteiger charge is -2.35. The lowest BCUT2D eigenvalue weighted by Crippen LogP contribution is -2.51. The summed E-state index contributed by atoms with van der Waals surface area (Å²) in [5.41, 5.74) is 2.22. The third kappa shape index (κ3) is 3.73. The first kappa shape index (κ1) is 19.8. The van der Waals surface area contributed by atoms with E-state index in [0.29, 0.717) is 30.9 Å². The maximum atomic E-state index is 12.7. The van der Waals surface area contributed by atoms with Crippen LogP contribution < -0.4 is 10.6 Å². The molecule has 5 nitrogen and oxygen atoms in total. The second-order valence-electron chi connectivity index (χ2n) is 8.25. The number of anilines is 1. The Morgan fingerprint density at radius 1 is 1.24 bits per heavy atom. The van der Waals surface area contributed by atoms with Crippen LogP contribution in [0, 0.1) is 5.92 Å². The Kier molecular flexibility index (Phi) is 5.30. The van der Waals surface area contributed by atoms with Crippen LogP contribution in [0.4, 0.5) is 5.69 Å². The summed E-state index contributed by atoms with van der Waals surface area (Å²) in [5, 5.41) is 5.44. The molecule has 2 heterocycles. The van der Waals surface area contributed by atoms with Gasteiger partial charge in [-0.05, 0) is 67.3 Å². The van der Waals surface area contributed by atoms with Crippen LogP contribution in [0.15, 0.2) is 30.3 Å². The van der Waals surface area contributed by atoms with Crippen molar-refractivity contribution in [3.8, 4) is 0 Å². The number of aryl methyl sites for hydroxylation is 1. The molecule has 4 rings (SSSR count). The Balaban J connectivity index is 1.49. The van der Waals surface area contributed by atoms with Crippen molar-refractivity contribution in [2.24, 2.45) is 5.92 Å². The SMILES string of the molecule is CCC1(c2ccc(NC(=O)c3cc4c(s3)CCC(C)C4)cc2)CCC(=O)NC1=O. The quantitative estimate of drug-likeness (QED) is 0.742. The molecule has 2 unspecified atom stereocenters. The number of piperidine rings is 1. The molecule has 2 N–H and O–H groups in total. The van der Waals surface area contributed by atoms with Crippen molar-refractivity contribution in [3.63, 3.8) is 0 Å². The van der Waals surface area contributed by atoms with Gasteiger partial charge in [0.1, 0.15) is 0 Å². The van der Waals surface area contributed by atoms with Gasteiger partial charge in [-0.25, -0.2) is 0 Å². The van der Waals surface area contributed by atoms with E-state index in [0.717, 1.165) is 23.3 Å². The summed E-state index contributed by atoms with van der Waals surface area (Å²) in [6.45, 7) is 4.22. The fourth-order valence-corrected chi connectivity index (χ4v) is 5.55. The summed E-state index contributed by atoms with van der Waals surface area (Å²) in [6.07, 6.45) is 4.79. The molecule has 3 amide bonds. The van der Waals surface area contributed by atoms with Crippen molar-refractivity contribution in [3.05, 3.63) is 51.2 Å². The van der Waals surface area contributed by atoms with Gasteiger partial charge in [0.25, 0.3) is 5.91 Å². The van der Waals surface area contributed by atoms with Gasteiger partial charge in [0, 0.05) is 17.0 Å². The van der Waals surface area contributed by atoms with Crippen molar-refractivity contribution in [1.29, 1.82) is 0 Å². The number of fused-ring (bicyclic) bond motifs is 1. The number of imide groups is 1. The molecule has 1 aromatic carbocycles. The number of amides is 3. The minimum absolute atomic E-state index is 0.0870. The second kappa shape index (κ2) is 7.75. The molecular formula is C23H26N2O3S. The highest BCUT2D eigenvalue weighted by molar-refractivity contribution is 7.14. The molecule has 152 valence electrons. The molecule has 1 saturated heterocycles. The van der Waals surface area contributed by atoms with Crippen molar-refractivity contribution >= 4 is 34.7 Å². The lowest BCUT2D eigenvalue weighted by atomic mass is 9.72. The van der Waals surface area contributed by atoms with Crippen LogP contribution in [0.5, 0.6) is 0 Å². The van der Waals surface area contributed by atoms with E-state index in [9.17, 15) is 14.4 Å². The maximum Gasteiger partial charge on any atom is 0.265 e. The van der Waals surface area contributed by atoms with Crippen molar-refractivity contribution in [1.82, 2.24) is 5.32 Å². The first-order valence-corrected chi connectivity index (χ1v) is 11.1. The number of nitrogens with one attached hydrogen (secondary N) is 2. The first-order valence-electron chi connectivity index (χ1n) is 10.3. The van der Waals surface area contributed by atoms with Crippen LogP contribution >= 0.6 is 11.3 Å². The molecule has 0 bridgehead atoms.